The van der Waals surface area contributed by atoms with Gasteiger partial charge in [0, 0.05) is 6.20 Å². The highest BCUT2D eigenvalue weighted by molar-refractivity contribution is 5.92. The molecule has 0 bridgehead atoms. The van der Waals surface area contributed by atoms with Crippen LogP contribution in [0.2, 0.25) is 0 Å². The summed E-state index contributed by atoms with van der Waals surface area (Å²) < 4.78 is 48.4. The largest absolute Gasteiger partial charge is 0.482 e. The normalized spacial score (nSPS) is 20.8. The van der Waals surface area contributed by atoms with E-state index in [1.54, 1.807) is 6.20 Å². The second-order valence-corrected chi connectivity index (χ2v) is 5.14. The van der Waals surface area contributed by atoms with Crippen molar-refractivity contribution < 1.29 is 27.4 Å². The van der Waals surface area contributed by atoms with Crippen molar-refractivity contribution in [2.45, 2.75) is 18.3 Å². The number of nitrogens with one attached hydrogen (secondary N) is 2. The maximum atomic E-state index is 12.5. The molecule has 0 radical (unpaired) electrons. The van der Waals surface area contributed by atoms with Gasteiger partial charge in [-0.15, -0.1) is 0 Å². The third-order valence-corrected chi connectivity index (χ3v) is 3.43. The fourth-order valence-corrected chi connectivity index (χ4v) is 2.20. The lowest BCUT2D eigenvalue weighted by Gasteiger charge is -2.19. The van der Waals surface area contributed by atoms with Crippen LogP contribution >= 0.6 is 0 Å². The van der Waals surface area contributed by atoms with E-state index in [-0.39, 0.29) is 18.9 Å². The van der Waals surface area contributed by atoms with Gasteiger partial charge in [0.2, 0.25) is 0 Å². The van der Waals surface area contributed by atoms with Gasteiger partial charge in [0.25, 0.3) is 5.91 Å². The van der Waals surface area contributed by atoms with Crippen LogP contribution in [0.4, 0.5) is 13.2 Å². The number of hydrogen-bond donors (Lipinski definition) is 2. The Balaban J connectivity index is 1.63. The maximum Gasteiger partial charge on any atom is 0.417 e. The van der Waals surface area contributed by atoms with Crippen molar-refractivity contribution in [3.63, 3.8) is 0 Å². The highest BCUT2D eigenvalue weighted by Crippen LogP contribution is 2.28. The summed E-state index contributed by atoms with van der Waals surface area (Å²) in [6, 6.07) is 1.39. The molecule has 1 aliphatic rings. The Labute approximate surface area is 134 Å². The predicted octanol–water partition coefficient (Wildman–Crippen LogP) is 1.40. The summed E-state index contributed by atoms with van der Waals surface area (Å²) in [7, 11) is 0. The zero-order valence-corrected chi connectivity index (χ0v) is 12.2. The lowest BCUT2D eigenvalue weighted by atomic mass is 10.2. The van der Waals surface area contributed by atoms with Crippen molar-refractivity contribution in [2.24, 2.45) is 0 Å². The molecule has 2 aromatic heterocycles. The molecule has 3 rings (SSSR count). The molecular formula is C14H13F3N4O3. The average Bonchev–Trinajstić information content (AvgIpc) is 3.20. The van der Waals surface area contributed by atoms with E-state index in [1.165, 1.54) is 6.20 Å². The second-order valence-electron chi connectivity index (χ2n) is 5.14. The molecule has 0 spiro atoms. The summed E-state index contributed by atoms with van der Waals surface area (Å²) in [5, 5.41) is 9.00. The molecule has 2 atom stereocenters. The van der Waals surface area contributed by atoms with Crippen molar-refractivity contribution in [1.29, 1.82) is 0 Å². The maximum absolute atomic E-state index is 12.5. The summed E-state index contributed by atoms with van der Waals surface area (Å²) in [6.45, 7) is 0.505. The molecule has 0 saturated carbocycles. The number of carbonyl (C=O) groups is 1. The molecule has 2 N–H and O–H groups in total. The Bertz CT molecular complexity index is 688. The van der Waals surface area contributed by atoms with Gasteiger partial charge in [-0.2, -0.15) is 18.3 Å². The zero-order chi connectivity index (χ0) is 17.2. The van der Waals surface area contributed by atoms with Crippen LogP contribution in [0.5, 0.6) is 5.75 Å². The number of carbonyl (C=O) groups excluding carboxylic acids is 1. The summed E-state index contributed by atoms with van der Waals surface area (Å²) in [6.07, 6.45) is -1.27. The molecule has 128 valence electrons. The van der Waals surface area contributed by atoms with E-state index in [1.807, 2.05) is 0 Å². The molecule has 7 nitrogen and oxygen atoms in total. The van der Waals surface area contributed by atoms with Crippen LogP contribution in [-0.2, 0) is 10.9 Å². The standard InChI is InChI=1S/C14H13F3N4O3/c15-14(16,17)8-1-2-10(18-3-8)13(22)21-11-6-23-7-12(11)24-9-4-19-20-5-9/h1-5,11-12H,6-7H2,(H,19,20)(H,21,22)/t11-,12+/m0/s1. The Hall–Kier alpha value is -2.62. The second kappa shape index (κ2) is 6.48. The van der Waals surface area contributed by atoms with Gasteiger partial charge in [-0.3, -0.25) is 14.9 Å². The van der Waals surface area contributed by atoms with Crippen LogP contribution in [0.25, 0.3) is 0 Å². The minimum Gasteiger partial charge on any atom is -0.482 e. The van der Waals surface area contributed by atoms with Crippen molar-refractivity contribution in [2.75, 3.05) is 13.2 Å². The van der Waals surface area contributed by atoms with Gasteiger partial charge in [0.05, 0.1) is 37.2 Å². The van der Waals surface area contributed by atoms with Gasteiger partial charge < -0.3 is 14.8 Å². The molecule has 0 aromatic carbocycles. The number of alkyl halides is 3. The van der Waals surface area contributed by atoms with Gasteiger partial charge in [0.15, 0.2) is 5.75 Å². The van der Waals surface area contributed by atoms with Gasteiger partial charge in [-0.1, -0.05) is 0 Å². The number of hydrogen-bond acceptors (Lipinski definition) is 5. The van der Waals surface area contributed by atoms with E-state index in [4.69, 9.17) is 9.47 Å². The quantitative estimate of drug-likeness (QED) is 0.877. The lowest BCUT2D eigenvalue weighted by molar-refractivity contribution is -0.137. The number of ether oxygens (including phenoxy) is 2. The van der Waals surface area contributed by atoms with Crippen molar-refractivity contribution >= 4 is 5.91 Å². The zero-order valence-electron chi connectivity index (χ0n) is 12.2. The monoisotopic (exact) mass is 342 g/mol. The number of pyridine rings is 1. The summed E-state index contributed by atoms with van der Waals surface area (Å²) in [5.41, 5.74) is -1.03. The topological polar surface area (TPSA) is 89.1 Å². The minimum atomic E-state index is -4.50. The highest BCUT2D eigenvalue weighted by atomic mass is 19.4. The first-order valence-corrected chi connectivity index (χ1v) is 7.01. The van der Waals surface area contributed by atoms with Gasteiger partial charge in [-0.25, -0.2) is 0 Å². The predicted molar refractivity (Wildman–Crippen MR) is 74.3 cm³/mol. The Morgan fingerprint density at radius 1 is 1.33 bits per heavy atom. The first-order chi connectivity index (χ1) is 11.4. The number of rotatable bonds is 4. The van der Waals surface area contributed by atoms with Crippen molar-refractivity contribution in [1.82, 2.24) is 20.5 Å². The number of H-pyrrole nitrogens is 1. The van der Waals surface area contributed by atoms with Crippen LogP contribution in [0.1, 0.15) is 16.1 Å². The molecule has 24 heavy (non-hydrogen) atoms. The minimum absolute atomic E-state index is 0.114. The molecule has 1 amide bonds. The molecular weight excluding hydrogens is 329 g/mol. The molecule has 0 aliphatic carbocycles. The summed E-state index contributed by atoms with van der Waals surface area (Å²) >= 11 is 0. The van der Waals surface area contributed by atoms with Gasteiger partial charge in [-0.05, 0) is 12.1 Å². The molecule has 1 saturated heterocycles. The van der Waals surface area contributed by atoms with Crippen LogP contribution < -0.4 is 10.1 Å². The number of halogens is 3. The third-order valence-electron chi connectivity index (χ3n) is 3.43. The lowest BCUT2D eigenvalue weighted by Crippen LogP contribution is -2.45. The molecule has 0 unspecified atom stereocenters. The van der Waals surface area contributed by atoms with Crippen molar-refractivity contribution in [3.8, 4) is 5.75 Å². The molecule has 3 heterocycles. The number of nitrogens with zero attached hydrogens (tertiary/aromatic N) is 2. The fourth-order valence-electron chi connectivity index (χ4n) is 2.20. The first kappa shape index (κ1) is 16.2. The fraction of sp³-hybridized carbons (Fsp3) is 0.357. The van der Waals surface area contributed by atoms with E-state index in [9.17, 15) is 18.0 Å². The van der Waals surface area contributed by atoms with Crippen LogP contribution in [-0.4, -0.2) is 46.4 Å². The Morgan fingerprint density at radius 3 is 2.79 bits per heavy atom. The summed E-state index contributed by atoms with van der Waals surface area (Å²) in [4.78, 5) is 15.7. The number of amides is 1. The van der Waals surface area contributed by atoms with Crippen LogP contribution in [0.3, 0.4) is 0 Å². The van der Waals surface area contributed by atoms with E-state index in [0.29, 0.717) is 11.9 Å². The van der Waals surface area contributed by atoms with Gasteiger partial charge >= 0.3 is 6.18 Å². The van der Waals surface area contributed by atoms with E-state index >= 15 is 0 Å². The molecule has 10 heteroatoms. The van der Waals surface area contributed by atoms with Crippen molar-refractivity contribution in [3.05, 3.63) is 42.0 Å². The molecule has 2 aromatic rings. The SMILES string of the molecule is O=C(N[C@H]1COC[C@H]1Oc1cn[nH]c1)c1ccc(C(F)(F)F)cn1. The Morgan fingerprint density at radius 2 is 2.17 bits per heavy atom. The smallest absolute Gasteiger partial charge is 0.417 e. The Kier molecular flexibility index (Phi) is 4.38. The van der Waals surface area contributed by atoms with Crippen LogP contribution in [0, 0.1) is 0 Å². The molecule has 1 fully saturated rings. The van der Waals surface area contributed by atoms with E-state index in [0.717, 1.165) is 12.1 Å². The van der Waals surface area contributed by atoms with E-state index < -0.39 is 29.8 Å². The number of aromatic nitrogens is 3. The average molecular weight is 342 g/mol. The number of aromatic amines is 1. The van der Waals surface area contributed by atoms with Crippen LogP contribution in [0.15, 0.2) is 30.7 Å². The highest BCUT2D eigenvalue weighted by Gasteiger charge is 2.33. The first-order valence-electron chi connectivity index (χ1n) is 7.01. The van der Waals surface area contributed by atoms with Gasteiger partial charge in [0.1, 0.15) is 11.8 Å². The van der Waals surface area contributed by atoms with E-state index in [2.05, 4.69) is 20.5 Å². The summed E-state index contributed by atoms with van der Waals surface area (Å²) in [5.74, 6) is -0.0996. The molecule has 1 aliphatic heterocycles. The third kappa shape index (κ3) is 3.65.